The maximum absolute atomic E-state index is 12.4. The molecule has 0 unspecified atom stereocenters. The largest absolute Gasteiger partial charge is 0.492 e. The highest BCUT2D eigenvalue weighted by Gasteiger charge is 2.19. The number of halogens is 2. The minimum Gasteiger partial charge on any atom is -0.492 e. The summed E-state index contributed by atoms with van der Waals surface area (Å²) < 4.78 is 7.98. The first-order valence-corrected chi connectivity index (χ1v) is 15.3. The lowest BCUT2D eigenvalue weighted by Crippen LogP contribution is -2.21. The van der Waals surface area contributed by atoms with Gasteiger partial charge in [0.2, 0.25) is 5.95 Å². The number of H-pyrrole nitrogens is 1. The van der Waals surface area contributed by atoms with E-state index in [1.54, 1.807) is 24.5 Å². The van der Waals surface area contributed by atoms with Gasteiger partial charge in [-0.1, -0.05) is 23.2 Å². The predicted octanol–water partition coefficient (Wildman–Crippen LogP) is 6.38. The van der Waals surface area contributed by atoms with Crippen LogP contribution in [0.1, 0.15) is 35.9 Å². The van der Waals surface area contributed by atoms with E-state index < -0.39 is 0 Å². The summed E-state index contributed by atoms with van der Waals surface area (Å²) >= 11 is 14.3. The number of nitrogens with zero attached hydrogens (tertiary/aromatic N) is 6. The number of rotatable bonds is 11. The fraction of sp³-hybridized carbons (Fsp3) is 0.241. The number of aromatic nitrogens is 7. The van der Waals surface area contributed by atoms with Crippen molar-refractivity contribution in [3.63, 3.8) is 0 Å². The number of nitrogens with two attached hydrogens (primary N) is 1. The van der Waals surface area contributed by atoms with Crippen LogP contribution < -0.4 is 15.8 Å². The summed E-state index contributed by atoms with van der Waals surface area (Å²) in [5.74, 6) is 0.390. The molecular weight excluding hydrogens is 609 g/mol. The number of nitrogen functional groups attached to an aromatic ring is 1. The molecule has 220 valence electrons. The van der Waals surface area contributed by atoms with Crippen LogP contribution in [-0.2, 0) is 6.54 Å². The number of hydrogen-bond donors (Lipinski definition) is 3. The quantitative estimate of drug-likeness (QED) is 0.139. The first kappa shape index (κ1) is 28.8. The van der Waals surface area contributed by atoms with Gasteiger partial charge in [0.05, 0.1) is 39.1 Å². The Morgan fingerprint density at radius 3 is 2.84 bits per heavy atom. The molecule has 1 amide bonds. The molecule has 0 aliphatic rings. The summed E-state index contributed by atoms with van der Waals surface area (Å²) in [6.45, 7) is 3.63. The summed E-state index contributed by atoms with van der Waals surface area (Å²) in [5.41, 5.74) is 9.73. The molecule has 6 rings (SSSR count). The Morgan fingerprint density at radius 2 is 1.98 bits per heavy atom. The Balaban J connectivity index is 1.08. The molecular formula is C29H27Cl2N9O2S. The lowest BCUT2D eigenvalue weighted by molar-refractivity contribution is 0.0960. The Hall–Kier alpha value is -4.26. The molecule has 1 aromatic carbocycles. The predicted molar refractivity (Wildman–Crippen MR) is 170 cm³/mol. The third kappa shape index (κ3) is 6.12. The first-order chi connectivity index (χ1) is 20.9. The van der Waals surface area contributed by atoms with E-state index in [2.05, 4.69) is 35.3 Å². The lowest BCUT2D eigenvalue weighted by Gasteiger charge is -2.12. The second-order valence-electron chi connectivity index (χ2n) is 9.75. The van der Waals surface area contributed by atoms with Crippen LogP contribution in [0.5, 0.6) is 5.75 Å². The van der Waals surface area contributed by atoms with Crippen LogP contribution in [0.4, 0.5) is 5.95 Å². The van der Waals surface area contributed by atoms with Gasteiger partial charge in [0, 0.05) is 47.4 Å². The highest BCUT2D eigenvalue weighted by Crippen LogP contribution is 2.40. The molecule has 0 bridgehead atoms. The topological polar surface area (TPSA) is 150 Å². The average Bonchev–Trinajstić information content (AvgIpc) is 3.75. The van der Waals surface area contributed by atoms with Crippen LogP contribution in [0.2, 0.25) is 10.0 Å². The summed E-state index contributed by atoms with van der Waals surface area (Å²) in [6.07, 6.45) is 9.92. The smallest absolute Gasteiger partial charge is 0.261 e. The standard InChI is InChI=1S/C29H27Cl2N9O2S/c1-2-33-27(41)23-11-19-25(38-29(32)39-28(19)43-23)18-10-22(21(31)12-20(18)30)42-9-5-3-4-8-40-14-16(13-37-40)24-17-6-7-34-26(17)36-15-35-24/h6-7,10-15H,2-5,8-9H2,1H3,(H,33,41)(H2,32,38,39)(H,34,35,36). The second-order valence-corrected chi connectivity index (χ2v) is 11.6. The minimum absolute atomic E-state index is 0.0828. The van der Waals surface area contributed by atoms with E-state index in [1.807, 2.05) is 36.3 Å². The molecule has 0 saturated carbocycles. The molecule has 0 saturated heterocycles. The summed E-state index contributed by atoms with van der Waals surface area (Å²) in [6, 6.07) is 7.11. The van der Waals surface area contributed by atoms with E-state index in [4.69, 9.17) is 33.7 Å². The zero-order valence-corrected chi connectivity index (χ0v) is 25.4. The molecule has 0 aliphatic heterocycles. The van der Waals surface area contributed by atoms with Crippen molar-refractivity contribution in [2.24, 2.45) is 0 Å². The van der Waals surface area contributed by atoms with Gasteiger partial charge in [-0.2, -0.15) is 5.10 Å². The maximum atomic E-state index is 12.4. The third-order valence-electron chi connectivity index (χ3n) is 6.80. The molecule has 11 nitrogen and oxygen atoms in total. The molecule has 43 heavy (non-hydrogen) atoms. The van der Waals surface area contributed by atoms with E-state index in [1.165, 1.54) is 11.3 Å². The van der Waals surface area contributed by atoms with E-state index >= 15 is 0 Å². The molecule has 4 N–H and O–H groups in total. The number of carbonyl (C=O) groups excluding carboxylic acids is 1. The Labute approximate surface area is 260 Å². The van der Waals surface area contributed by atoms with Crippen LogP contribution in [0.25, 0.3) is 43.8 Å². The van der Waals surface area contributed by atoms with Gasteiger partial charge in [0.15, 0.2) is 0 Å². The van der Waals surface area contributed by atoms with Crippen molar-refractivity contribution in [2.45, 2.75) is 32.7 Å². The SMILES string of the molecule is CCNC(=O)c1cc2c(-c3cc(OCCCCCn4cc(-c5ncnc6[nH]ccc56)cn4)c(Cl)cc3Cl)nc(N)nc2s1. The number of aryl methyl sites for hydroxylation is 1. The van der Waals surface area contributed by atoms with Crippen LogP contribution in [0, 0.1) is 0 Å². The maximum Gasteiger partial charge on any atom is 0.261 e. The monoisotopic (exact) mass is 635 g/mol. The van der Waals surface area contributed by atoms with E-state index in [0.717, 1.165) is 48.1 Å². The van der Waals surface area contributed by atoms with Gasteiger partial charge in [-0.3, -0.25) is 9.48 Å². The summed E-state index contributed by atoms with van der Waals surface area (Å²) in [7, 11) is 0. The molecule has 14 heteroatoms. The Kier molecular flexibility index (Phi) is 8.41. The van der Waals surface area contributed by atoms with E-state index in [-0.39, 0.29) is 11.9 Å². The van der Waals surface area contributed by atoms with Gasteiger partial charge in [-0.15, -0.1) is 11.3 Å². The number of carbonyl (C=O) groups is 1. The van der Waals surface area contributed by atoms with Crippen LogP contribution >= 0.6 is 34.5 Å². The van der Waals surface area contributed by atoms with Crippen molar-refractivity contribution >= 4 is 67.6 Å². The number of nitrogens with one attached hydrogen (secondary N) is 2. The highest BCUT2D eigenvalue weighted by molar-refractivity contribution is 7.20. The zero-order chi connectivity index (χ0) is 29.9. The third-order valence-corrected chi connectivity index (χ3v) is 8.43. The Morgan fingerprint density at radius 1 is 1.09 bits per heavy atom. The summed E-state index contributed by atoms with van der Waals surface area (Å²) in [4.78, 5) is 34.1. The van der Waals surface area contributed by atoms with Crippen molar-refractivity contribution in [1.29, 1.82) is 0 Å². The van der Waals surface area contributed by atoms with Gasteiger partial charge in [-0.05, 0) is 50.5 Å². The van der Waals surface area contributed by atoms with Gasteiger partial charge >= 0.3 is 0 Å². The van der Waals surface area contributed by atoms with Gasteiger partial charge in [0.1, 0.15) is 22.6 Å². The molecule has 0 fully saturated rings. The van der Waals surface area contributed by atoms with Gasteiger partial charge in [0.25, 0.3) is 5.91 Å². The average molecular weight is 637 g/mol. The van der Waals surface area contributed by atoms with Gasteiger partial charge in [-0.25, -0.2) is 19.9 Å². The zero-order valence-electron chi connectivity index (χ0n) is 23.1. The number of anilines is 1. The highest BCUT2D eigenvalue weighted by atomic mass is 35.5. The van der Waals surface area contributed by atoms with Gasteiger partial charge < -0.3 is 20.8 Å². The summed E-state index contributed by atoms with van der Waals surface area (Å²) in [5, 5.41) is 9.73. The van der Waals surface area contributed by atoms with Crippen molar-refractivity contribution in [3.05, 3.63) is 64.1 Å². The number of hydrogen-bond acceptors (Lipinski definition) is 9. The van der Waals surface area contributed by atoms with Crippen molar-refractivity contribution in [3.8, 4) is 28.3 Å². The number of aromatic amines is 1. The number of unbranched alkanes of at least 4 members (excludes halogenated alkanes) is 2. The number of amides is 1. The Bertz CT molecular complexity index is 1930. The van der Waals surface area contributed by atoms with Crippen molar-refractivity contribution < 1.29 is 9.53 Å². The van der Waals surface area contributed by atoms with E-state index in [0.29, 0.717) is 55.3 Å². The molecule has 5 heterocycles. The first-order valence-electron chi connectivity index (χ1n) is 13.7. The molecule has 5 aromatic heterocycles. The van der Waals surface area contributed by atoms with E-state index in [9.17, 15) is 4.79 Å². The molecule has 0 radical (unpaired) electrons. The van der Waals surface area contributed by atoms with Crippen molar-refractivity contribution in [2.75, 3.05) is 18.9 Å². The number of fused-ring (bicyclic) bond motifs is 2. The normalized spacial score (nSPS) is 11.4. The molecule has 0 spiro atoms. The molecule has 0 aliphatic carbocycles. The molecule has 0 atom stereocenters. The fourth-order valence-electron chi connectivity index (χ4n) is 4.77. The lowest BCUT2D eigenvalue weighted by atomic mass is 10.1. The van der Waals surface area contributed by atoms with Crippen LogP contribution in [0.3, 0.4) is 0 Å². The number of thiophene rings is 1. The van der Waals surface area contributed by atoms with Crippen LogP contribution in [-0.4, -0.2) is 53.8 Å². The number of ether oxygens (including phenoxy) is 1. The van der Waals surface area contributed by atoms with Crippen LogP contribution in [0.15, 0.2) is 49.2 Å². The fourth-order valence-corrected chi connectivity index (χ4v) is 6.25. The minimum atomic E-state index is -0.182. The second kappa shape index (κ2) is 12.5. The number of benzene rings is 1. The molecule has 6 aromatic rings. The van der Waals surface area contributed by atoms with Crippen molar-refractivity contribution in [1.82, 2.24) is 40.0 Å².